The molecule has 1 aromatic heterocycles. The van der Waals surface area contributed by atoms with Gasteiger partial charge in [0.25, 0.3) is 11.8 Å². The molecule has 12 nitrogen and oxygen atoms in total. The number of carbonyl (C=O) groups is 4. The Kier molecular flexibility index (Phi) is 5.87. The van der Waals surface area contributed by atoms with Crippen LogP contribution in [-0.2, 0) is 29.5 Å². The summed E-state index contributed by atoms with van der Waals surface area (Å²) in [7, 11) is 0. The molecule has 0 spiro atoms. The number of aliphatic carboxylic acids is 1. The molecule has 5 N–H and O–H groups in total. The van der Waals surface area contributed by atoms with E-state index < -0.39 is 34.7 Å². The fourth-order valence-electron chi connectivity index (χ4n) is 3.51. The fraction of sp³-hybridized carbons (Fsp3) is 0.294. The van der Waals surface area contributed by atoms with Gasteiger partial charge >= 0.3 is 11.9 Å². The Hall–Kier alpha value is -3.04. The second-order valence-electron chi connectivity index (χ2n) is 6.72. The van der Waals surface area contributed by atoms with Crippen LogP contribution in [0.25, 0.3) is 0 Å². The summed E-state index contributed by atoms with van der Waals surface area (Å²) < 4.78 is 4.84. The standard InChI is InChI=1S/C17H15N5O7S3/c18-16-20-9(6-32-16)17(21-10(23)2-19-28)14(27)22-12(13(25)26)7(5-31-15(17)22)4-30-8-1-11(24)29-3-8/h1-2,6,15,28H,3-5H2,(H2,18,20)(H,21,23)(H,25,26)/b19-2+. The van der Waals surface area contributed by atoms with E-state index in [9.17, 15) is 24.3 Å². The van der Waals surface area contributed by atoms with E-state index >= 15 is 0 Å². The van der Waals surface area contributed by atoms with Gasteiger partial charge in [-0.2, -0.15) is 0 Å². The van der Waals surface area contributed by atoms with Gasteiger partial charge in [0.1, 0.15) is 23.9 Å². The van der Waals surface area contributed by atoms with Gasteiger partial charge in [-0.05, 0) is 5.57 Å². The number of esters is 1. The number of aromatic nitrogens is 1. The second-order valence-corrected chi connectivity index (χ2v) is 9.78. The largest absolute Gasteiger partial charge is 0.477 e. The Morgan fingerprint density at radius 2 is 2.28 bits per heavy atom. The van der Waals surface area contributed by atoms with Gasteiger partial charge in [0.2, 0.25) is 0 Å². The number of cyclic esters (lactones) is 1. The number of anilines is 1. The summed E-state index contributed by atoms with van der Waals surface area (Å²) in [5, 5.41) is 24.6. The number of oxime groups is 1. The average Bonchev–Trinajstić information content (AvgIpc) is 3.37. The molecule has 0 aliphatic carbocycles. The maximum Gasteiger partial charge on any atom is 0.352 e. The van der Waals surface area contributed by atoms with Crippen LogP contribution >= 0.6 is 34.9 Å². The van der Waals surface area contributed by atoms with Crippen molar-refractivity contribution in [3.05, 3.63) is 33.3 Å². The molecule has 4 heterocycles. The number of nitrogens with zero attached hydrogens (tertiary/aromatic N) is 3. The number of thiazole rings is 1. The maximum atomic E-state index is 13.4. The highest BCUT2D eigenvalue weighted by atomic mass is 32.2. The molecule has 0 saturated carbocycles. The molecule has 3 aliphatic rings. The number of hydrogen-bond donors (Lipinski definition) is 4. The van der Waals surface area contributed by atoms with Gasteiger partial charge in [-0.3, -0.25) is 14.5 Å². The van der Waals surface area contributed by atoms with Crippen LogP contribution in [0.1, 0.15) is 5.69 Å². The molecule has 2 unspecified atom stereocenters. The summed E-state index contributed by atoms with van der Waals surface area (Å²) in [6.07, 6.45) is 1.94. The first-order chi connectivity index (χ1) is 15.3. The van der Waals surface area contributed by atoms with Crippen molar-refractivity contribution in [2.75, 3.05) is 23.8 Å². The highest BCUT2D eigenvalue weighted by Crippen LogP contribution is 2.51. The Morgan fingerprint density at radius 3 is 2.88 bits per heavy atom. The predicted octanol–water partition coefficient (Wildman–Crippen LogP) is -0.0755. The highest BCUT2D eigenvalue weighted by molar-refractivity contribution is 8.03. The van der Waals surface area contributed by atoms with E-state index in [0.29, 0.717) is 16.7 Å². The molecular weight excluding hydrogens is 482 g/mol. The third-order valence-corrected chi connectivity index (χ3v) is 8.01. The van der Waals surface area contributed by atoms with E-state index in [-0.39, 0.29) is 34.6 Å². The minimum absolute atomic E-state index is 0.129. The number of fused-ring (bicyclic) bond motifs is 1. The van der Waals surface area contributed by atoms with Gasteiger partial charge in [-0.25, -0.2) is 14.6 Å². The van der Waals surface area contributed by atoms with Crippen LogP contribution in [0, 0.1) is 0 Å². The van der Waals surface area contributed by atoms with Gasteiger partial charge in [0.15, 0.2) is 10.7 Å². The molecule has 0 aromatic carbocycles. The number of rotatable bonds is 7. The van der Waals surface area contributed by atoms with Crippen molar-refractivity contribution in [1.29, 1.82) is 0 Å². The molecule has 4 rings (SSSR count). The van der Waals surface area contributed by atoms with Crippen LogP contribution in [0.15, 0.2) is 32.8 Å². The molecule has 168 valence electrons. The molecule has 2 atom stereocenters. The fourth-order valence-corrected chi connectivity index (χ4v) is 6.66. The van der Waals surface area contributed by atoms with E-state index in [1.54, 1.807) is 0 Å². The molecule has 1 aromatic rings. The van der Waals surface area contributed by atoms with Crippen LogP contribution in [0.3, 0.4) is 0 Å². The number of carboxylic acids is 1. The van der Waals surface area contributed by atoms with Crippen molar-refractivity contribution in [2.45, 2.75) is 10.9 Å². The van der Waals surface area contributed by atoms with Gasteiger partial charge < -0.3 is 26.1 Å². The molecular formula is C17H15N5O7S3. The van der Waals surface area contributed by atoms with Crippen molar-refractivity contribution in [2.24, 2.45) is 5.16 Å². The third kappa shape index (κ3) is 3.61. The lowest BCUT2D eigenvalue weighted by atomic mass is 9.83. The second kappa shape index (κ2) is 8.48. The van der Waals surface area contributed by atoms with Crippen molar-refractivity contribution in [3.8, 4) is 0 Å². The highest BCUT2D eigenvalue weighted by Gasteiger charge is 2.67. The number of nitrogen functional groups attached to an aromatic ring is 1. The summed E-state index contributed by atoms with van der Waals surface area (Å²) >= 11 is 3.58. The van der Waals surface area contributed by atoms with Crippen LogP contribution < -0.4 is 11.1 Å². The van der Waals surface area contributed by atoms with E-state index in [1.807, 2.05) is 0 Å². The summed E-state index contributed by atoms with van der Waals surface area (Å²) in [6, 6.07) is 0. The number of thioether (sulfide) groups is 2. The summed E-state index contributed by atoms with van der Waals surface area (Å²) in [5.41, 5.74) is 4.54. The topological polar surface area (TPSA) is 185 Å². The summed E-state index contributed by atoms with van der Waals surface area (Å²) in [6.45, 7) is 0.129. The first kappa shape index (κ1) is 22.2. The van der Waals surface area contributed by atoms with E-state index in [2.05, 4.69) is 15.5 Å². The zero-order chi connectivity index (χ0) is 23.0. The monoisotopic (exact) mass is 497 g/mol. The first-order valence-electron chi connectivity index (χ1n) is 8.89. The lowest BCUT2D eigenvalue weighted by Gasteiger charge is -2.56. The van der Waals surface area contributed by atoms with Gasteiger partial charge in [-0.15, -0.1) is 34.9 Å². The van der Waals surface area contributed by atoms with Gasteiger partial charge in [-0.1, -0.05) is 5.16 Å². The van der Waals surface area contributed by atoms with Crippen molar-refractivity contribution < 1.29 is 34.2 Å². The van der Waals surface area contributed by atoms with E-state index in [1.165, 1.54) is 35.0 Å². The minimum atomic E-state index is -1.66. The number of nitrogens with two attached hydrogens (primary N) is 1. The van der Waals surface area contributed by atoms with Crippen LogP contribution in [-0.4, -0.2) is 73.7 Å². The van der Waals surface area contributed by atoms with Crippen molar-refractivity contribution in [1.82, 2.24) is 15.2 Å². The van der Waals surface area contributed by atoms with Crippen LogP contribution in [0.2, 0.25) is 0 Å². The predicted molar refractivity (Wildman–Crippen MR) is 116 cm³/mol. The smallest absolute Gasteiger partial charge is 0.352 e. The molecule has 15 heteroatoms. The van der Waals surface area contributed by atoms with Crippen molar-refractivity contribution in [3.63, 3.8) is 0 Å². The number of amides is 2. The molecule has 1 saturated heterocycles. The van der Waals surface area contributed by atoms with Crippen molar-refractivity contribution >= 4 is 70.0 Å². The molecule has 1 fully saturated rings. The zero-order valence-corrected chi connectivity index (χ0v) is 18.5. The van der Waals surface area contributed by atoms with E-state index in [0.717, 1.165) is 16.2 Å². The Bertz CT molecular complexity index is 1110. The SMILES string of the molecule is Nc1nc(C2(NC(=O)/C=N/O)C(=O)N3C(C(=O)O)=C(CSC4=CC(=O)OC4)CSC32)cs1. The Labute approximate surface area is 192 Å². The number of ether oxygens (including phenoxy) is 1. The zero-order valence-electron chi connectivity index (χ0n) is 16.0. The molecule has 0 bridgehead atoms. The average molecular weight is 498 g/mol. The summed E-state index contributed by atoms with van der Waals surface area (Å²) in [5.74, 6) is -2.79. The lowest BCUT2D eigenvalue weighted by Crippen LogP contribution is -2.77. The lowest BCUT2D eigenvalue weighted by molar-refractivity contribution is -0.159. The van der Waals surface area contributed by atoms with Crippen LogP contribution in [0.5, 0.6) is 0 Å². The van der Waals surface area contributed by atoms with E-state index in [4.69, 9.17) is 15.7 Å². The van der Waals surface area contributed by atoms with Gasteiger partial charge in [0.05, 0.1) is 5.69 Å². The number of carbonyl (C=O) groups excluding carboxylic acids is 3. The maximum absolute atomic E-state index is 13.4. The summed E-state index contributed by atoms with van der Waals surface area (Å²) in [4.78, 5) is 54.8. The number of β-lactam (4-membered cyclic amide) rings is 1. The molecule has 2 amide bonds. The van der Waals surface area contributed by atoms with Gasteiger partial charge in [0, 0.05) is 27.9 Å². The number of carboxylic acid groups (broad SMARTS) is 1. The number of hydrogen-bond acceptors (Lipinski definition) is 12. The quantitative estimate of drug-likeness (QED) is 0.130. The number of nitrogens with one attached hydrogen (secondary N) is 1. The minimum Gasteiger partial charge on any atom is -0.477 e. The Morgan fingerprint density at radius 1 is 1.50 bits per heavy atom. The molecule has 32 heavy (non-hydrogen) atoms. The Balaban J connectivity index is 1.67. The normalized spacial score (nSPS) is 24.8. The first-order valence-corrected chi connectivity index (χ1v) is 11.8. The molecule has 0 radical (unpaired) electrons. The molecule has 3 aliphatic heterocycles. The van der Waals surface area contributed by atoms with Crippen LogP contribution in [0.4, 0.5) is 5.13 Å². The third-order valence-electron chi connectivity index (χ3n) is 4.84.